The summed E-state index contributed by atoms with van der Waals surface area (Å²) in [6.07, 6.45) is 0.412. The molecule has 0 N–H and O–H groups in total. The van der Waals surface area contributed by atoms with Crippen LogP contribution < -0.4 is 9.47 Å². The summed E-state index contributed by atoms with van der Waals surface area (Å²) in [4.78, 5) is -0.142. The van der Waals surface area contributed by atoms with Crippen LogP contribution >= 0.6 is 27.5 Å². The quantitative estimate of drug-likeness (QED) is 0.673. The monoisotopic (exact) mass is 372 g/mol. The van der Waals surface area contributed by atoms with Crippen LogP contribution in [0.3, 0.4) is 0 Å². The average Bonchev–Trinajstić information content (AvgIpc) is 2.49. The molecule has 0 aliphatic rings. The molecule has 0 aliphatic carbocycles. The van der Waals surface area contributed by atoms with Gasteiger partial charge >= 0.3 is 0 Å². The third-order valence-electron chi connectivity index (χ3n) is 3.22. The first kappa shape index (κ1) is 16.1. The van der Waals surface area contributed by atoms with Crippen LogP contribution in [-0.4, -0.2) is 14.2 Å². The summed E-state index contributed by atoms with van der Waals surface area (Å²) in [7, 11) is 3.16. The van der Waals surface area contributed by atoms with E-state index < -0.39 is 0 Å². The van der Waals surface area contributed by atoms with Gasteiger partial charge in [0.2, 0.25) is 0 Å². The predicted molar refractivity (Wildman–Crippen MR) is 86.3 cm³/mol. The zero-order chi connectivity index (χ0) is 15.4. The fraction of sp³-hybridized carbons (Fsp3) is 0.250. The fourth-order valence-electron chi connectivity index (χ4n) is 2.18. The molecule has 0 saturated heterocycles. The van der Waals surface area contributed by atoms with Crippen LogP contribution in [-0.2, 0) is 6.42 Å². The molecule has 0 radical (unpaired) electrons. The van der Waals surface area contributed by atoms with Gasteiger partial charge in [-0.3, -0.25) is 0 Å². The molecular weight excluding hydrogens is 359 g/mol. The smallest absolute Gasteiger partial charge is 0.165 e. The van der Waals surface area contributed by atoms with Gasteiger partial charge < -0.3 is 9.47 Å². The van der Waals surface area contributed by atoms with Crippen LogP contribution in [0, 0.1) is 5.82 Å². The SMILES string of the molecule is COc1cccc(C(Br)Cc2c(F)cccc2Cl)c1OC. The van der Waals surface area contributed by atoms with Gasteiger partial charge in [-0.15, -0.1) is 0 Å². The lowest BCUT2D eigenvalue weighted by atomic mass is 10.0. The normalized spacial score (nSPS) is 12.0. The van der Waals surface area contributed by atoms with Crippen molar-refractivity contribution < 1.29 is 13.9 Å². The van der Waals surface area contributed by atoms with Crippen molar-refractivity contribution in [2.24, 2.45) is 0 Å². The molecule has 0 heterocycles. The predicted octanol–water partition coefficient (Wildman–Crippen LogP) is 5.18. The largest absolute Gasteiger partial charge is 0.493 e. The molecule has 2 aromatic carbocycles. The second kappa shape index (κ2) is 7.14. The average molecular weight is 374 g/mol. The van der Waals surface area contributed by atoms with Crippen molar-refractivity contribution in [1.82, 2.24) is 0 Å². The molecule has 0 aliphatic heterocycles. The highest BCUT2D eigenvalue weighted by molar-refractivity contribution is 9.09. The number of halogens is 3. The van der Waals surface area contributed by atoms with Crippen molar-refractivity contribution in [1.29, 1.82) is 0 Å². The number of para-hydroxylation sites is 1. The van der Waals surface area contributed by atoms with E-state index in [4.69, 9.17) is 21.1 Å². The summed E-state index contributed by atoms with van der Waals surface area (Å²) in [5.74, 6) is 0.960. The number of methoxy groups -OCH3 is 2. The van der Waals surface area contributed by atoms with Crippen molar-refractivity contribution in [2.75, 3.05) is 14.2 Å². The highest BCUT2D eigenvalue weighted by atomic mass is 79.9. The Balaban J connectivity index is 2.35. The Morgan fingerprint density at radius 3 is 2.48 bits per heavy atom. The van der Waals surface area contributed by atoms with Crippen LogP contribution in [0.25, 0.3) is 0 Å². The Bertz CT molecular complexity index is 613. The summed E-state index contributed by atoms with van der Waals surface area (Å²) in [5.41, 5.74) is 1.36. The molecule has 0 amide bonds. The molecule has 5 heteroatoms. The molecule has 2 nitrogen and oxygen atoms in total. The molecule has 0 saturated carbocycles. The topological polar surface area (TPSA) is 18.5 Å². The van der Waals surface area contributed by atoms with E-state index in [2.05, 4.69) is 15.9 Å². The molecule has 21 heavy (non-hydrogen) atoms. The van der Waals surface area contributed by atoms with E-state index in [1.165, 1.54) is 6.07 Å². The Morgan fingerprint density at radius 2 is 1.86 bits per heavy atom. The summed E-state index contributed by atoms with van der Waals surface area (Å²) >= 11 is 9.66. The first-order valence-corrected chi connectivity index (χ1v) is 7.65. The van der Waals surface area contributed by atoms with Gasteiger partial charge in [0, 0.05) is 21.0 Å². The zero-order valence-electron chi connectivity index (χ0n) is 11.7. The first-order valence-electron chi connectivity index (χ1n) is 6.36. The molecule has 0 bridgehead atoms. The first-order chi connectivity index (χ1) is 10.1. The summed E-state index contributed by atoms with van der Waals surface area (Å²) < 4.78 is 24.6. The Hall–Kier alpha value is -1.26. The van der Waals surface area contributed by atoms with E-state index in [9.17, 15) is 4.39 Å². The van der Waals surface area contributed by atoms with Crippen molar-refractivity contribution in [2.45, 2.75) is 11.2 Å². The van der Waals surface area contributed by atoms with Gasteiger partial charge in [0.25, 0.3) is 0 Å². The van der Waals surface area contributed by atoms with Crippen LogP contribution in [0.15, 0.2) is 36.4 Å². The minimum atomic E-state index is -0.311. The van der Waals surface area contributed by atoms with Gasteiger partial charge in [0.1, 0.15) is 5.82 Å². The minimum Gasteiger partial charge on any atom is -0.493 e. The number of hydrogen-bond donors (Lipinski definition) is 0. The van der Waals surface area contributed by atoms with Crippen LogP contribution in [0.1, 0.15) is 16.0 Å². The van der Waals surface area contributed by atoms with Crippen molar-refractivity contribution in [3.8, 4) is 11.5 Å². The zero-order valence-corrected chi connectivity index (χ0v) is 14.0. The van der Waals surface area contributed by atoms with E-state index in [1.54, 1.807) is 26.4 Å². The molecule has 112 valence electrons. The molecule has 1 atom stereocenters. The maximum Gasteiger partial charge on any atom is 0.165 e. The number of alkyl halides is 1. The number of ether oxygens (including phenoxy) is 2. The standard InChI is InChI=1S/C16H15BrClFO2/c1-20-15-8-3-5-10(16(15)21-2)12(17)9-11-13(18)6-4-7-14(11)19/h3-8,12H,9H2,1-2H3. The van der Waals surface area contributed by atoms with Crippen LogP contribution in [0.4, 0.5) is 4.39 Å². The van der Waals surface area contributed by atoms with Crippen molar-refractivity contribution >= 4 is 27.5 Å². The van der Waals surface area contributed by atoms with Crippen molar-refractivity contribution in [3.05, 3.63) is 58.4 Å². The molecular formula is C16H15BrClFO2. The van der Waals surface area contributed by atoms with E-state index in [-0.39, 0.29) is 10.6 Å². The molecule has 0 aromatic heterocycles. The van der Waals surface area contributed by atoms with E-state index in [1.807, 2.05) is 18.2 Å². The van der Waals surface area contributed by atoms with Gasteiger partial charge in [-0.05, 0) is 24.6 Å². The van der Waals surface area contributed by atoms with Gasteiger partial charge in [-0.2, -0.15) is 0 Å². The Labute approximate surface area is 137 Å². The number of hydrogen-bond acceptors (Lipinski definition) is 2. The third-order valence-corrected chi connectivity index (χ3v) is 4.39. The maximum atomic E-state index is 13.9. The molecule has 2 aromatic rings. The molecule has 2 rings (SSSR count). The van der Waals surface area contributed by atoms with E-state index in [0.29, 0.717) is 28.5 Å². The lowest BCUT2D eigenvalue weighted by Crippen LogP contribution is -2.02. The van der Waals surface area contributed by atoms with E-state index >= 15 is 0 Å². The Morgan fingerprint density at radius 1 is 1.14 bits per heavy atom. The highest BCUT2D eigenvalue weighted by Gasteiger charge is 2.19. The maximum absolute atomic E-state index is 13.9. The lowest BCUT2D eigenvalue weighted by molar-refractivity contribution is 0.351. The van der Waals surface area contributed by atoms with Crippen molar-refractivity contribution in [3.63, 3.8) is 0 Å². The third kappa shape index (κ3) is 3.50. The molecule has 0 spiro atoms. The number of rotatable bonds is 5. The second-order valence-electron chi connectivity index (χ2n) is 4.45. The van der Waals surface area contributed by atoms with Gasteiger partial charge in [-0.25, -0.2) is 4.39 Å². The second-order valence-corrected chi connectivity index (χ2v) is 5.97. The minimum absolute atomic E-state index is 0.142. The highest BCUT2D eigenvalue weighted by Crippen LogP contribution is 2.40. The summed E-state index contributed by atoms with van der Waals surface area (Å²) in [6.45, 7) is 0. The number of benzene rings is 2. The lowest BCUT2D eigenvalue weighted by Gasteiger charge is -2.17. The van der Waals surface area contributed by atoms with Crippen LogP contribution in [0.5, 0.6) is 11.5 Å². The van der Waals surface area contributed by atoms with Gasteiger partial charge in [0.15, 0.2) is 11.5 Å². The van der Waals surface area contributed by atoms with Gasteiger partial charge in [-0.1, -0.05) is 45.7 Å². The molecule has 1 unspecified atom stereocenters. The molecule has 0 fully saturated rings. The summed E-state index contributed by atoms with van der Waals surface area (Å²) in [6, 6.07) is 10.3. The fourth-order valence-corrected chi connectivity index (χ4v) is 3.10. The van der Waals surface area contributed by atoms with E-state index in [0.717, 1.165) is 5.56 Å². The van der Waals surface area contributed by atoms with Gasteiger partial charge in [0.05, 0.1) is 14.2 Å². The summed E-state index contributed by atoms with van der Waals surface area (Å²) in [5, 5.41) is 0.418. The van der Waals surface area contributed by atoms with Crippen LogP contribution in [0.2, 0.25) is 5.02 Å². The Kier molecular flexibility index (Phi) is 5.48.